The Hall–Kier alpha value is -5.16. The molecule has 3 atom stereocenters. The Bertz CT molecular complexity index is 1950. The number of nitro groups is 1. The van der Waals surface area contributed by atoms with E-state index in [2.05, 4.69) is 15.5 Å². The quantitative estimate of drug-likeness (QED) is 0.0732. The summed E-state index contributed by atoms with van der Waals surface area (Å²) < 4.78 is 38.1. The summed E-state index contributed by atoms with van der Waals surface area (Å²) in [5, 5.41) is 22.0. The van der Waals surface area contributed by atoms with Crippen molar-refractivity contribution in [3.8, 4) is 0 Å². The molecule has 0 aliphatic carbocycles. The summed E-state index contributed by atoms with van der Waals surface area (Å²) >= 11 is 0.900. The molecule has 4 aromatic rings. The molecule has 0 bridgehead atoms. The molecule has 3 heterocycles. The van der Waals surface area contributed by atoms with Gasteiger partial charge in [0, 0.05) is 17.9 Å². The second-order valence-corrected chi connectivity index (χ2v) is 14.9. The molecule has 248 valence electrons. The van der Waals surface area contributed by atoms with E-state index in [4.69, 9.17) is 9.47 Å². The van der Waals surface area contributed by atoms with Gasteiger partial charge in [-0.05, 0) is 46.2 Å². The van der Waals surface area contributed by atoms with Crippen LogP contribution < -0.4 is 0 Å². The van der Waals surface area contributed by atoms with Gasteiger partial charge in [0.05, 0.1) is 18.5 Å². The minimum Gasteiger partial charge on any atom is -0.467 e. The number of nitrogens with zero attached hydrogens (tertiary/aromatic N) is 6. The monoisotopic (exact) mass is 692 g/mol. The third-order valence-corrected chi connectivity index (χ3v) is 12.9. The average molecular weight is 693 g/mol. The maximum atomic E-state index is 13.9. The molecule has 1 aromatic heterocycles. The molecular weight excluding hydrogens is 665 g/mol. The highest BCUT2D eigenvalue weighted by Gasteiger charge is 2.70. The lowest BCUT2D eigenvalue weighted by atomic mass is 9.83. The Kier molecular flexibility index (Phi) is 8.51. The number of fused-ring (bicyclic) bond motifs is 1. The Balaban J connectivity index is 1.35. The van der Waals surface area contributed by atoms with Gasteiger partial charge in [0.25, 0.3) is 5.69 Å². The van der Waals surface area contributed by atoms with E-state index >= 15 is 0 Å². The average Bonchev–Trinajstić information content (AvgIpc) is 3.61. The van der Waals surface area contributed by atoms with Crippen molar-refractivity contribution in [2.45, 2.75) is 46.8 Å². The van der Waals surface area contributed by atoms with Crippen LogP contribution in [0.3, 0.4) is 0 Å². The zero-order chi connectivity index (χ0) is 34.3. The Morgan fingerprint density at radius 3 is 2.19 bits per heavy atom. The number of rotatable bonds is 11. The topological polar surface area (TPSA) is 194 Å². The number of benzene rings is 3. The number of thioether (sulfide) groups is 1. The second-order valence-electron chi connectivity index (χ2n) is 11.3. The van der Waals surface area contributed by atoms with Crippen molar-refractivity contribution in [2.75, 3.05) is 12.9 Å². The third-order valence-electron chi connectivity index (χ3n) is 8.67. The molecule has 3 aromatic carbocycles. The van der Waals surface area contributed by atoms with Gasteiger partial charge >= 0.3 is 11.9 Å². The summed E-state index contributed by atoms with van der Waals surface area (Å²) in [5.41, 5.74) is -0.500. The van der Waals surface area contributed by atoms with E-state index in [1.54, 1.807) is 60.7 Å². The van der Waals surface area contributed by atoms with Gasteiger partial charge in [-0.25, -0.2) is 18.0 Å². The van der Waals surface area contributed by atoms with Crippen LogP contribution in [0.15, 0.2) is 90.1 Å². The van der Waals surface area contributed by atoms with E-state index in [0.29, 0.717) is 16.7 Å². The van der Waals surface area contributed by atoms with Crippen molar-refractivity contribution in [3.05, 3.63) is 112 Å². The lowest BCUT2D eigenvalue weighted by Gasteiger charge is -2.36. The fourth-order valence-corrected chi connectivity index (χ4v) is 9.97. The number of esters is 2. The number of β-lactam (4-membered cyclic amide) rings is 1. The van der Waals surface area contributed by atoms with Crippen LogP contribution >= 0.6 is 11.8 Å². The van der Waals surface area contributed by atoms with E-state index in [9.17, 15) is 32.9 Å². The van der Waals surface area contributed by atoms with Gasteiger partial charge in [0.15, 0.2) is 15.9 Å². The highest BCUT2D eigenvalue weighted by atomic mass is 32.2. The van der Waals surface area contributed by atoms with Crippen LogP contribution in [-0.4, -0.2) is 85.3 Å². The molecule has 2 saturated heterocycles. The summed E-state index contributed by atoms with van der Waals surface area (Å²) in [7, 11) is -2.90. The smallest absolute Gasteiger partial charge is 0.343 e. The first-order valence-corrected chi connectivity index (χ1v) is 17.1. The fraction of sp³-hybridized carbons (Fsp3) is 0.290. The predicted octanol–water partition coefficient (Wildman–Crippen LogP) is 2.50. The van der Waals surface area contributed by atoms with E-state index in [1.807, 2.05) is 0 Å². The van der Waals surface area contributed by atoms with Gasteiger partial charge < -0.3 is 14.4 Å². The van der Waals surface area contributed by atoms with Crippen LogP contribution in [-0.2, 0) is 45.8 Å². The number of carbonyl (C=O) groups is 3. The first-order chi connectivity index (χ1) is 23.0. The molecule has 1 amide bonds. The fourth-order valence-electron chi connectivity index (χ4n) is 6.13. The minimum absolute atomic E-state index is 0.0445. The number of ether oxygens (including phenoxy) is 2. The zero-order valence-electron chi connectivity index (χ0n) is 25.5. The van der Waals surface area contributed by atoms with E-state index < -0.39 is 54.3 Å². The van der Waals surface area contributed by atoms with Crippen molar-refractivity contribution in [1.82, 2.24) is 25.1 Å². The normalized spacial score (nSPS) is 21.2. The maximum absolute atomic E-state index is 13.9. The third kappa shape index (κ3) is 5.09. The summed E-state index contributed by atoms with van der Waals surface area (Å²) in [6.45, 7) is 1.06. The van der Waals surface area contributed by atoms with Gasteiger partial charge in [0.2, 0.25) is 16.6 Å². The maximum Gasteiger partial charge on any atom is 0.343 e. The van der Waals surface area contributed by atoms with Crippen LogP contribution in [0.1, 0.15) is 30.0 Å². The molecule has 6 rings (SSSR count). The van der Waals surface area contributed by atoms with E-state index in [1.165, 1.54) is 43.0 Å². The van der Waals surface area contributed by atoms with E-state index in [0.717, 1.165) is 16.7 Å². The van der Waals surface area contributed by atoms with Gasteiger partial charge in [-0.15, -0.1) is 5.10 Å². The first kappa shape index (κ1) is 32.8. The molecule has 2 aliphatic rings. The van der Waals surface area contributed by atoms with Crippen LogP contribution in [0.2, 0.25) is 0 Å². The molecule has 0 saturated carbocycles. The molecule has 17 heteroatoms. The number of aromatic nitrogens is 4. The molecule has 0 radical (unpaired) electrons. The van der Waals surface area contributed by atoms with Crippen LogP contribution in [0.25, 0.3) is 0 Å². The van der Waals surface area contributed by atoms with Gasteiger partial charge in [-0.3, -0.25) is 14.9 Å². The lowest BCUT2D eigenvalue weighted by molar-refractivity contribution is -0.384. The summed E-state index contributed by atoms with van der Waals surface area (Å²) in [6.07, 6.45) is -0.278. The van der Waals surface area contributed by atoms with Crippen molar-refractivity contribution < 1.29 is 37.2 Å². The molecule has 0 unspecified atom stereocenters. The number of tetrazole rings is 1. The molecule has 2 fully saturated rings. The first-order valence-electron chi connectivity index (χ1n) is 14.5. The number of sulfone groups is 1. The SMILES string of the molecule is COC(=O)C(c1ccccc1)(c1ccccc1)n1nnnc1SC[C@@]1(C)[C@H](C(=O)OCc2ccc([N+](=O)[O-])cc2)N2C(=O)C[C@@H]2S1(=O)=O. The second kappa shape index (κ2) is 12.5. The standard InChI is InChI=1S/C31H28N6O9S2/c1-30(26(35-24(38)17-25(35)48(30,43)44)27(39)46-18-20-13-15-23(16-14-20)37(41)42)19-47-29-32-33-34-36(29)31(28(40)45-2,21-9-5-3-6-10-21)22-11-7-4-8-12-22/h3-16,25-26H,17-19H2,1-2H3/t25-,26-,30-/m0/s1. The minimum atomic E-state index is -4.14. The lowest BCUT2D eigenvalue weighted by Crippen LogP contribution is -2.58. The highest BCUT2D eigenvalue weighted by molar-refractivity contribution is 8.01. The molecular formula is C31H28N6O9S2. The predicted molar refractivity (Wildman–Crippen MR) is 169 cm³/mol. The van der Waals surface area contributed by atoms with Crippen LogP contribution in [0.4, 0.5) is 5.69 Å². The number of amides is 1. The summed E-state index contributed by atoms with van der Waals surface area (Å²) in [6, 6.07) is 21.2. The number of methoxy groups -OCH3 is 1. The molecule has 0 spiro atoms. The highest BCUT2D eigenvalue weighted by Crippen LogP contribution is 2.49. The Morgan fingerprint density at radius 2 is 1.65 bits per heavy atom. The number of hydrogen-bond donors (Lipinski definition) is 0. The largest absolute Gasteiger partial charge is 0.467 e. The van der Waals surface area contributed by atoms with E-state index in [-0.39, 0.29) is 29.6 Å². The van der Waals surface area contributed by atoms with Gasteiger partial charge in [-0.2, -0.15) is 4.68 Å². The van der Waals surface area contributed by atoms with Crippen molar-refractivity contribution in [1.29, 1.82) is 0 Å². The Labute approximate surface area is 278 Å². The number of nitro benzene ring substituents is 1. The zero-order valence-corrected chi connectivity index (χ0v) is 27.2. The molecule has 15 nitrogen and oxygen atoms in total. The van der Waals surface area contributed by atoms with Crippen molar-refractivity contribution >= 4 is 45.1 Å². The molecule has 0 N–H and O–H groups in total. The molecule has 48 heavy (non-hydrogen) atoms. The van der Waals surface area contributed by atoms with Crippen LogP contribution in [0.5, 0.6) is 0 Å². The van der Waals surface area contributed by atoms with Crippen molar-refractivity contribution in [3.63, 3.8) is 0 Å². The number of carbonyl (C=O) groups excluding carboxylic acids is 3. The van der Waals surface area contributed by atoms with Crippen molar-refractivity contribution in [2.24, 2.45) is 0 Å². The molecule has 2 aliphatic heterocycles. The summed E-state index contributed by atoms with van der Waals surface area (Å²) in [4.78, 5) is 51.6. The van der Waals surface area contributed by atoms with Gasteiger partial charge in [-0.1, -0.05) is 72.4 Å². The van der Waals surface area contributed by atoms with Gasteiger partial charge in [0.1, 0.15) is 16.7 Å². The van der Waals surface area contributed by atoms with Crippen LogP contribution in [0, 0.1) is 10.1 Å². The summed E-state index contributed by atoms with van der Waals surface area (Å²) in [5.74, 6) is -2.48. The number of non-ortho nitro benzene ring substituents is 1. The Morgan fingerprint density at radius 1 is 1.04 bits per heavy atom. The number of hydrogen-bond acceptors (Lipinski definition) is 13.